The smallest absolute Gasteiger partial charge is 0.407 e. The van der Waals surface area contributed by atoms with Crippen LogP contribution in [0.5, 0.6) is 5.75 Å². The Bertz CT molecular complexity index is 448. The van der Waals surface area contributed by atoms with Crippen LogP contribution in [0.1, 0.15) is 18.4 Å². The topological polar surface area (TPSA) is 75.8 Å². The molecule has 0 radical (unpaired) electrons. The average Bonchev–Trinajstić information content (AvgIpc) is 2.79. The van der Waals surface area contributed by atoms with E-state index in [0.717, 1.165) is 24.2 Å². The highest BCUT2D eigenvalue weighted by Gasteiger charge is 2.28. The van der Waals surface area contributed by atoms with Crippen molar-refractivity contribution in [2.24, 2.45) is 0 Å². The van der Waals surface area contributed by atoms with Gasteiger partial charge in [-0.15, -0.1) is 0 Å². The first-order valence-electron chi connectivity index (χ1n) is 6.07. The minimum absolute atomic E-state index is 0.0525. The van der Waals surface area contributed by atoms with Gasteiger partial charge in [-0.05, 0) is 31.9 Å². The van der Waals surface area contributed by atoms with Crippen LogP contribution in [-0.4, -0.2) is 35.3 Å². The fraction of sp³-hybridized carbons (Fsp3) is 0.462. The van der Waals surface area contributed by atoms with Gasteiger partial charge >= 0.3 is 6.09 Å². The van der Waals surface area contributed by atoms with Crippen LogP contribution < -0.4 is 10.5 Å². The van der Waals surface area contributed by atoms with Gasteiger partial charge in [-0.1, -0.05) is 6.07 Å². The molecule has 1 fully saturated rings. The molecule has 2 rings (SSSR count). The Labute approximate surface area is 106 Å². The molecule has 0 aromatic heterocycles. The maximum Gasteiger partial charge on any atom is 0.407 e. The van der Waals surface area contributed by atoms with Gasteiger partial charge < -0.3 is 20.5 Å². The van der Waals surface area contributed by atoms with Gasteiger partial charge in [0.1, 0.15) is 12.4 Å². The molecule has 0 unspecified atom stereocenters. The number of hydrogen-bond donors (Lipinski definition) is 2. The first-order valence-corrected chi connectivity index (χ1v) is 6.07. The number of nitrogens with zero attached hydrogens (tertiary/aromatic N) is 1. The predicted molar refractivity (Wildman–Crippen MR) is 68.8 cm³/mol. The molecule has 1 aliphatic rings. The summed E-state index contributed by atoms with van der Waals surface area (Å²) in [6.45, 7) is 2.88. The van der Waals surface area contributed by atoms with E-state index < -0.39 is 6.09 Å². The Morgan fingerprint density at radius 1 is 1.61 bits per heavy atom. The van der Waals surface area contributed by atoms with Gasteiger partial charge in [0.2, 0.25) is 0 Å². The molecule has 0 saturated carbocycles. The molecule has 0 aliphatic carbocycles. The highest BCUT2D eigenvalue weighted by Crippen LogP contribution is 2.24. The van der Waals surface area contributed by atoms with Crippen LogP contribution in [0.25, 0.3) is 0 Å². The predicted octanol–water partition coefficient (Wildman–Crippen LogP) is 2.10. The lowest BCUT2D eigenvalue weighted by Gasteiger charge is -2.22. The Kier molecular flexibility index (Phi) is 3.60. The quantitative estimate of drug-likeness (QED) is 0.805. The lowest BCUT2D eigenvalue weighted by Crippen LogP contribution is -2.38. The van der Waals surface area contributed by atoms with Crippen LogP contribution in [-0.2, 0) is 0 Å². The van der Waals surface area contributed by atoms with Gasteiger partial charge in [-0.3, -0.25) is 0 Å². The van der Waals surface area contributed by atoms with Gasteiger partial charge in [0.25, 0.3) is 0 Å². The number of rotatable bonds is 3. The molecule has 1 aromatic rings. The summed E-state index contributed by atoms with van der Waals surface area (Å²) in [6, 6.07) is 5.46. The molecule has 5 nitrogen and oxygen atoms in total. The van der Waals surface area contributed by atoms with Crippen LogP contribution >= 0.6 is 0 Å². The molecule has 5 heteroatoms. The molecule has 3 N–H and O–H groups in total. The number of carboxylic acid groups (broad SMARTS) is 1. The fourth-order valence-electron chi connectivity index (χ4n) is 2.23. The molecule has 1 aromatic carbocycles. The lowest BCUT2D eigenvalue weighted by atomic mass is 10.2. The first kappa shape index (κ1) is 12.5. The van der Waals surface area contributed by atoms with E-state index in [1.165, 1.54) is 4.90 Å². The summed E-state index contributed by atoms with van der Waals surface area (Å²) in [5, 5.41) is 9.03. The summed E-state index contributed by atoms with van der Waals surface area (Å²) in [4.78, 5) is 12.4. The zero-order valence-electron chi connectivity index (χ0n) is 10.4. The highest BCUT2D eigenvalue weighted by molar-refractivity contribution is 5.65. The Morgan fingerprint density at radius 3 is 3.11 bits per heavy atom. The number of carbonyl (C=O) groups is 1. The van der Waals surface area contributed by atoms with Crippen molar-refractivity contribution in [1.82, 2.24) is 4.90 Å². The molecule has 18 heavy (non-hydrogen) atoms. The number of hydrogen-bond acceptors (Lipinski definition) is 3. The van der Waals surface area contributed by atoms with Crippen molar-refractivity contribution >= 4 is 11.8 Å². The van der Waals surface area contributed by atoms with Crippen molar-refractivity contribution in [2.45, 2.75) is 25.8 Å². The third-order valence-electron chi connectivity index (χ3n) is 3.38. The number of benzene rings is 1. The number of likely N-dealkylation sites (tertiary alicyclic amines) is 1. The molecule has 0 bridgehead atoms. The zero-order chi connectivity index (χ0) is 13.1. The van der Waals surface area contributed by atoms with E-state index in [-0.39, 0.29) is 6.04 Å². The van der Waals surface area contributed by atoms with Crippen LogP contribution in [0, 0.1) is 6.92 Å². The number of anilines is 1. The van der Waals surface area contributed by atoms with Gasteiger partial charge in [0.15, 0.2) is 0 Å². The van der Waals surface area contributed by atoms with E-state index in [1.54, 1.807) is 0 Å². The lowest BCUT2D eigenvalue weighted by molar-refractivity contribution is 0.123. The summed E-state index contributed by atoms with van der Waals surface area (Å²) >= 11 is 0. The van der Waals surface area contributed by atoms with Crippen LogP contribution in [0.4, 0.5) is 10.5 Å². The van der Waals surface area contributed by atoms with Gasteiger partial charge in [-0.25, -0.2) is 4.79 Å². The zero-order valence-corrected chi connectivity index (χ0v) is 10.4. The number of nitrogen functional groups attached to an aromatic ring is 1. The monoisotopic (exact) mass is 250 g/mol. The van der Waals surface area contributed by atoms with Crippen molar-refractivity contribution in [3.63, 3.8) is 0 Å². The van der Waals surface area contributed by atoms with E-state index in [2.05, 4.69) is 0 Å². The molecule has 1 saturated heterocycles. The third-order valence-corrected chi connectivity index (χ3v) is 3.38. The summed E-state index contributed by atoms with van der Waals surface area (Å²) in [7, 11) is 0. The molecule has 1 atom stereocenters. The largest absolute Gasteiger partial charge is 0.491 e. The standard InChI is InChI=1S/C13H18N2O3/c1-9-11(14)5-2-6-12(9)18-8-10-4-3-7-15(10)13(16)17/h2,5-6,10H,3-4,7-8,14H2,1H3,(H,16,17)/t10-/m0/s1. The molecule has 1 heterocycles. The second-order valence-electron chi connectivity index (χ2n) is 4.55. The van der Waals surface area contributed by atoms with Gasteiger partial charge in [0.05, 0.1) is 6.04 Å². The molecule has 0 spiro atoms. The molecular weight excluding hydrogens is 232 g/mol. The first-order chi connectivity index (χ1) is 8.59. The van der Waals surface area contributed by atoms with Crippen molar-refractivity contribution in [3.8, 4) is 5.75 Å². The second-order valence-corrected chi connectivity index (χ2v) is 4.55. The van der Waals surface area contributed by atoms with E-state index in [1.807, 2.05) is 25.1 Å². The Hall–Kier alpha value is -1.91. The van der Waals surface area contributed by atoms with E-state index in [9.17, 15) is 4.79 Å². The minimum atomic E-state index is -0.870. The second kappa shape index (κ2) is 5.16. The highest BCUT2D eigenvalue weighted by atomic mass is 16.5. The molecule has 98 valence electrons. The Morgan fingerprint density at radius 2 is 2.39 bits per heavy atom. The normalized spacial score (nSPS) is 18.9. The van der Waals surface area contributed by atoms with Crippen molar-refractivity contribution in [2.75, 3.05) is 18.9 Å². The third kappa shape index (κ3) is 2.50. The fourth-order valence-corrected chi connectivity index (χ4v) is 2.23. The van der Waals surface area contributed by atoms with E-state index >= 15 is 0 Å². The van der Waals surface area contributed by atoms with Gasteiger partial charge in [0, 0.05) is 17.8 Å². The van der Waals surface area contributed by atoms with E-state index in [4.69, 9.17) is 15.6 Å². The van der Waals surface area contributed by atoms with E-state index in [0.29, 0.717) is 18.8 Å². The number of amides is 1. The maximum atomic E-state index is 11.0. The molecule has 1 aliphatic heterocycles. The van der Waals surface area contributed by atoms with Crippen molar-refractivity contribution < 1.29 is 14.6 Å². The molecule has 1 amide bonds. The Balaban J connectivity index is 1.99. The summed E-state index contributed by atoms with van der Waals surface area (Å²) in [5.41, 5.74) is 7.38. The minimum Gasteiger partial charge on any atom is -0.491 e. The van der Waals surface area contributed by atoms with Crippen LogP contribution in [0.15, 0.2) is 18.2 Å². The van der Waals surface area contributed by atoms with Gasteiger partial charge in [-0.2, -0.15) is 0 Å². The maximum absolute atomic E-state index is 11.0. The van der Waals surface area contributed by atoms with Crippen LogP contribution in [0.2, 0.25) is 0 Å². The number of ether oxygens (including phenoxy) is 1. The number of nitrogens with two attached hydrogens (primary N) is 1. The summed E-state index contributed by atoms with van der Waals surface area (Å²) in [5.74, 6) is 0.729. The molecular formula is C13H18N2O3. The van der Waals surface area contributed by atoms with Crippen molar-refractivity contribution in [3.05, 3.63) is 23.8 Å². The SMILES string of the molecule is Cc1c(N)cccc1OC[C@@H]1CCCN1C(=O)O. The van der Waals surface area contributed by atoms with Crippen molar-refractivity contribution in [1.29, 1.82) is 0 Å². The van der Waals surface area contributed by atoms with Crippen LogP contribution in [0.3, 0.4) is 0 Å². The summed E-state index contributed by atoms with van der Waals surface area (Å²) < 4.78 is 5.70. The average molecular weight is 250 g/mol. The summed E-state index contributed by atoms with van der Waals surface area (Å²) in [6.07, 6.45) is 0.884.